The zero-order chi connectivity index (χ0) is 9.90. The molecule has 1 aliphatic carbocycles. The van der Waals surface area contributed by atoms with Crippen LogP contribution in [0, 0.1) is 5.41 Å². The summed E-state index contributed by atoms with van der Waals surface area (Å²) in [7, 11) is 0. The first-order chi connectivity index (χ1) is 6.08. The molecule has 0 saturated heterocycles. The van der Waals surface area contributed by atoms with Crippen LogP contribution in [0.3, 0.4) is 0 Å². The Balaban J connectivity index is 2.78. The summed E-state index contributed by atoms with van der Waals surface area (Å²) < 4.78 is 5.29. The summed E-state index contributed by atoms with van der Waals surface area (Å²) in [5, 5.41) is 0. The van der Waals surface area contributed by atoms with Gasteiger partial charge in [0, 0.05) is 0 Å². The van der Waals surface area contributed by atoms with Gasteiger partial charge in [-0.15, -0.1) is 0 Å². The van der Waals surface area contributed by atoms with Crippen LogP contribution in [0.2, 0.25) is 0 Å². The summed E-state index contributed by atoms with van der Waals surface area (Å²) in [4.78, 5) is 0. The van der Waals surface area contributed by atoms with Gasteiger partial charge in [0.05, 0.1) is 6.26 Å². The lowest BCUT2D eigenvalue weighted by Gasteiger charge is -2.34. The fourth-order valence-corrected chi connectivity index (χ4v) is 2.14. The Morgan fingerprint density at radius 3 is 2.77 bits per heavy atom. The van der Waals surface area contributed by atoms with Crippen molar-refractivity contribution < 1.29 is 4.74 Å². The first-order valence-corrected chi connectivity index (χ1v) is 4.99. The van der Waals surface area contributed by atoms with E-state index in [4.69, 9.17) is 4.74 Å². The molecule has 0 aromatic carbocycles. The minimum atomic E-state index is 0.325. The average Bonchev–Trinajstić information content (AvgIpc) is 2.02. The molecule has 13 heavy (non-hydrogen) atoms. The largest absolute Gasteiger partial charge is 0.497 e. The Labute approximate surface area is 81.5 Å². The first kappa shape index (κ1) is 10.4. The van der Waals surface area contributed by atoms with Gasteiger partial charge in [0.1, 0.15) is 6.61 Å². The molecule has 1 nitrogen and oxygen atoms in total. The number of rotatable bonds is 3. The molecule has 0 fully saturated rings. The third-order valence-electron chi connectivity index (χ3n) is 3.03. The minimum Gasteiger partial charge on any atom is -0.497 e. The summed E-state index contributed by atoms with van der Waals surface area (Å²) in [6, 6.07) is 0. The lowest BCUT2D eigenvalue weighted by atomic mass is 9.73. The van der Waals surface area contributed by atoms with Crippen molar-refractivity contribution in [1.82, 2.24) is 0 Å². The smallest absolute Gasteiger partial charge is 0.109 e. The maximum absolute atomic E-state index is 5.29. The van der Waals surface area contributed by atoms with Crippen LogP contribution in [0.25, 0.3) is 0 Å². The van der Waals surface area contributed by atoms with Crippen molar-refractivity contribution in [2.45, 2.75) is 40.0 Å². The van der Waals surface area contributed by atoms with E-state index in [0.29, 0.717) is 5.41 Å². The molecule has 0 N–H and O–H groups in total. The minimum absolute atomic E-state index is 0.325. The van der Waals surface area contributed by atoms with Crippen molar-refractivity contribution >= 4 is 0 Å². The van der Waals surface area contributed by atoms with E-state index in [1.165, 1.54) is 36.7 Å². The lowest BCUT2D eigenvalue weighted by Crippen LogP contribution is -2.23. The molecule has 0 unspecified atom stereocenters. The quantitative estimate of drug-likeness (QED) is 0.475. The molecule has 0 amide bonds. The van der Waals surface area contributed by atoms with Crippen molar-refractivity contribution in [1.29, 1.82) is 0 Å². The van der Waals surface area contributed by atoms with Gasteiger partial charge in [0.15, 0.2) is 0 Å². The van der Waals surface area contributed by atoms with Crippen molar-refractivity contribution in [3.8, 4) is 0 Å². The fraction of sp³-hybridized carbons (Fsp3) is 0.667. The molecule has 0 aliphatic heterocycles. The van der Waals surface area contributed by atoms with Crippen LogP contribution in [-0.4, -0.2) is 6.61 Å². The molecule has 0 heterocycles. The van der Waals surface area contributed by atoms with Gasteiger partial charge in [-0.3, -0.25) is 0 Å². The first-order valence-electron chi connectivity index (χ1n) is 4.99. The van der Waals surface area contributed by atoms with Crippen molar-refractivity contribution in [3.63, 3.8) is 0 Å². The van der Waals surface area contributed by atoms with E-state index in [9.17, 15) is 0 Å². The number of hydrogen-bond acceptors (Lipinski definition) is 1. The zero-order valence-corrected chi connectivity index (χ0v) is 9.02. The molecule has 1 heteroatoms. The van der Waals surface area contributed by atoms with Gasteiger partial charge in [0.2, 0.25) is 0 Å². The zero-order valence-electron chi connectivity index (χ0n) is 9.02. The van der Waals surface area contributed by atoms with Gasteiger partial charge in [-0.2, -0.15) is 0 Å². The lowest BCUT2D eigenvalue weighted by molar-refractivity contribution is 0.234. The molecule has 1 rings (SSSR count). The second-order valence-corrected chi connectivity index (χ2v) is 4.47. The van der Waals surface area contributed by atoms with Crippen molar-refractivity contribution in [2.24, 2.45) is 5.41 Å². The third-order valence-corrected chi connectivity index (χ3v) is 3.03. The Bertz CT molecular complexity index is 223. The van der Waals surface area contributed by atoms with Gasteiger partial charge < -0.3 is 4.74 Å². The van der Waals surface area contributed by atoms with Gasteiger partial charge >= 0.3 is 0 Å². The molecule has 0 radical (unpaired) electrons. The summed E-state index contributed by atoms with van der Waals surface area (Å²) in [6.45, 7) is 11.1. The highest BCUT2D eigenvalue weighted by atomic mass is 16.5. The van der Waals surface area contributed by atoms with E-state index < -0.39 is 0 Å². The third kappa shape index (κ3) is 2.36. The molecule has 0 spiro atoms. The van der Waals surface area contributed by atoms with Crippen LogP contribution < -0.4 is 0 Å². The molecule has 0 aromatic rings. The van der Waals surface area contributed by atoms with Crippen LogP contribution in [-0.2, 0) is 4.74 Å². The van der Waals surface area contributed by atoms with Crippen molar-refractivity contribution in [3.05, 3.63) is 24.0 Å². The van der Waals surface area contributed by atoms with E-state index in [-0.39, 0.29) is 0 Å². The fourth-order valence-electron chi connectivity index (χ4n) is 2.14. The van der Waals surface area contributed by atoms with Crippen molar-refractivity contribution in [2.75, 3.05) is 6.61 Å². The van der Waals surface area contributed by atoms with Crippen LogP contribution in [0.1, 0.15) is 40.0 Å². The number of ether oxygens (including phenoxy) is 1. The summed E-state index contributed by atoms with van der Waals surface area (Å²) in [6.07, 6.45) is 5.36. The van der Waals surface area contributed by atoms with Crippen LogP contribution >= 0.6 is 0 Å². The summed E-state index contributed by atoms with van der Waals surface area (Å²) in [5.41, 5.74) is 3.31. The van der Waals surface area contributed by atoms with E-state index >= 15 is 0 Å². The number of allylic oxidation sites excluding steroid dienone is 1. The Kier molecular flexibility index (Phi) is 3.18. The highest BCUT2D eigenvalue weighted by Crippen LogP contribution is 2.39. The number of hydrogen-bond donors (Lipinski definition) is 0. The standard InChI is InChI=1S/C12H20O/c1-5-13-9-11-10(2)7-6-8-12(11,3)4/h5H,1,6-9H2,2-4H3. The monoisotopic (exact) mass is 180 g/mol. The molecular formula is C12H20O. The maximum atomic E-state index is 5.29. The predicted octanol–water partition coefficient (Wildman–Crippen LogP) is 3.67. The molecule has 74 valence electrons. The molecule has 0 atom stereocenters. The highest BCUT2D eigenvalue weighted by Gasteiger charge is 2.28. The molecule has 0 aromatic heterocycles. The van der Waals surface area contributed by atoms with Gasteiger partial charge in [-0.05, 0) is 37.2 Å². The highest BCUT2D eigenvalue weighted by molar-refractivity contribution is 5.22. The molecule has 0 bridgehead atoms. The summed E-state index contributed by atoms with van der Waals surface area (Å²) >= 11 is 0. The maximum Gasteiger partial charge on any atom is 0.109 e. The SMILES string of the molecule is C=COCC1=C(C)CCCC1(C)C. The van der Waals surface area contributed by atoms with E-state index in [1.54, 1.807) is 0 Å². The second kappa shape index (κ2) is 3.99. The Morgan fingerprint density at radius 1 is 1.54 bits per heavy atom. The Morgan fingerprint density at radius 2 is 2.23 bits per heavy atom. The Hall–Kier alpha value is -0.720. The van der Waals surface area contributed by atoms with Crippen LogP contribution in [0.15, 0.2) is 24.0 Å². The predicted molar refractivity (Wildman–Crippen MR) is 56.5 cm³/mol. The van der Waals surface area contributed by atoms with Crippen LogP contribution in [0.5, 0.6) is 0 Å². The molecular weight excluding hydrogens is 160 g/mol. The van der Waals surface area contributed by atoms with Gasteiger partial charge in [-0.1, -0.05) is 26.0 Å². The van der Waals surface area contributed by atoms with Crippen LogP contribution in [0.4, 0.5) is 0 Å². The van der Waals surface area contributed by atoms with E-state index in [0.717, 1.165) is 6.61 Å². The molecule has 0 saturated carbocycles. The van der Waals surface area contributed by atoms with E-state index in [2.05, 4.69) is 27.4 Å². The van der Waals surface area contributed by atoms with Gasteiger partial charge in [-0.25, -0.2) is 0 Å². The second-order valence-electron chi connectivity index (χ2n) is 4.47. The normalized spacial score (nSPS) is 21.5. The van der Waals surface area contributed by atoms with Gasteiger partial charge in [0.25, 0.3) is 0 Å². The molecule has 1 aliphatic rings. The average molecular weight is 180 g/mol. The topological polar surface area (TPSA) is 9.23 Å². The van der Waals surface area contributed by atoms with E-state index in [1.807, 2.05) is 0 Å². The summed E-state index contributed by atoms with van der Waals surface area (Å²) in [5.74, 6) is 0.